The van der Waals surface area contributed by atoms with Crippen LogP contribution in [-0.4, -0.2) is 23.8 Å². The minimum Gasteiger partial charge on any atom is -0.380 e. The molecule has 5 nitrogen and oxygen atoms in total. The zero-order valence-corrected chi connectivity index (χ0v) is 10.0. The molecule has 1 saturated heterocycles. The van der Waals surface area contributed by atoms with E-state index in [1.807, 2.05) is 12.1 Å². The molecule has 1 aromatic heterocycles. The van der Waals surface area contributed by atoms with Gasteiger partial charge in [-0.1, -0.05) is 11.2 Å². The Morgan fingerprint density at radius 2 is 2.22 bits per heavy atom. The van der Waals surface area contributed by atoms with Crippen molar-refractivity contribution in [2.24, 2.45) is 11.7 Å². The quantitative estimate of drug-likeness (QED) is 0.791. The van der Waals surface area contributed by atoms with Crippen LogP contribution in [0, 0.1) is 5.92 Å². The highest BCUT2D eigenvalue weighted by atomic mass is 16.5. The molecule has 3 unspecified atom stereocenters. The van der Waals surface area contributed by atoms with Gasteiger partial charge in [0.05, 0.1) is 11.1 Å². The molecule has 94 valence electrons. The molecule has 2 fully saturated rings. The van der Waals surface area contributed by atoms with Gasteiger partial charge in [0, 0.05) is 18.6 Å². The summed E-state index contributed by atoms with van der Waals surface area (Å²) >= 11 is 0. The van der Waals surface area contributed by atoms with E-state index in [9.17, 15) is 0 Å². The maximum absolute atomic E-state index is 6.25. The molecule has 2 heterocycles. The fourth-order valence-corrected chi connectivity index (χ4v) is 3.52. The highest BCUT2D eigenvalue weighted by molar-refractivity contribution is 5.95. The van der Waals surface area contributed by atoms with E-state index in [0.717, 1.165) is 23.2 Å². The molecule has 1 saturated carbocycles. The molecule has 2 bridgehead atoms. The number of piperidine rings is 1. The standard InChI is InChI=1S/C13H16N4O/c14-11-7-4-5-9(11)17(6-7)10-3-1-2-8-12(10)18-16-13(8)15/h1-3,7,9,11H,4-6,14H2,(H2,15,16). The molecule has 0 radical (unpaired) electrons. The van der Waals surface area contributed by atoms with E-state index in [4.69, 9.17) is 16.0 Å². The van der Waals surface area contributed by atoms with E-state index >= 15 is 0 Å². The molecule has 2 aromatic rings. The smallest absolute Gasteiger partial charge is 0.192 e. The number of hydrogen-bond acceptors (Lipinski definition) is 5. The SMILES string of the molecule is Nc1noc2c(N3CC4CCC3C4N)cccc12. The summed E-state index contributed by atoms with van der Waals surface area (Å²) in [7, 11) is 0. The summed E-state index contributed by atoms with van der Waals surface area (Å²) in [5, 5.41) is 4.75. The van der Waals surface area contributed by atoms with Gasteiger partial charge in [0.1, 0.15) is 0 Å². The van der Waals surface area contributed by atoms with Crippen molar-refractivity contribution in [2.45, 2.75) is 24.9 Å². The Bertz CT molecular complexity index is 608. The lowest BCUT2D eigenvalue weighted by atomic mass is 10.1. The topological polar surface area (TPSA) is 81.3 Å². The lowest BCUT2D eigenvalue weighted by molar-refractivity contribution is 0.458. The van der Waals surface area contributed by atoms with Gasteiger partial charge in [-0.25, -0.2) is 0 Å². The zero-order valence-electron chi connectivity index (χ0n) is 10.0. The Hall–Kier alpha value is -1.75. The first kappa shape index (κ1) is 10.2. The largest absolute Gasteiger partial charge is 0.380 e. The molecule has 4 rings (SSSR count). The molecule has 3 atom stereocenters. The predicted molar refractivity (Wildman–Crippen MR) is 70.3 cm³/mol. The van der Waals surface area contributed by atoms with Gasteiger partial charge >= 0.3 is 0 Å². The van der Waals surface area contributed by atoms with Gasteiger partial charge in [0.25, 0.3) is 0 Å². The number of aromatic nitrogens is 1. The van der Waals surface area contributed by atoms with Crippen LogP contribution in [0.3, 0.4) is 0 Å². The number of hydrogen-bond donors (Lipinski definition) is 2. The summed E-state index contributed by atoms with van der Waals surface area (Å²) in [6.07, 6.45) is 2.42. The fraction of sp³-hybridized carbons (Fsp3) is 0.462. The van der Waals surface area contributed by atoms with Crippen LogP contribution in [0.2, 0.25) is 0 Å². The molecule has 1 aliphatic carbocycles. The average Bonchev–Trinajstić information content (AvgIpc) is 3.04. The van der Waals surface area contributed by atoms with Crippen molar-refractivity contribution < 1.29 is 4.52 Å². The second-order valence-electron chi connectivity index (χ2n) is 5.36. The number of nitrogen functional groups attached to an aromatic ring is 1. The van der Waals surface area contributed by atoms with Crippen LogP contribution in [0.1, 0.15) is 12.8 Å². The van der Waals surface area contributed by atoms with E-state index in [-0.39, 0.29) is 0 Å². The third kappa shape index (κ3) is 1.17. The highest BCUT2D eigenvalue weighted by Gasteiger charge is 2.45. The van der Waals surface area contributed by atoms with Gasteiger partial charge in [-0.2, -0.15) is 0 Å². The molecule has 2 aliphatic rings. The first-order valence-electron chi connectivity index (χ1n) is 6.42. The summed E-state index contributed by atoms with van der Waals surface area (Å²) < 4.78 is 5.38. The number of nitrogens with two attached hydrogens (primary N) is 2. The number of rotatable bonds is 1. The van der Waals surface area contributed by atoms with Crippen molar-refractivity contribution in [1.29, 1.82) is 0 Å². The van der Waals surface area contributed by atoms with E-state index in [1.165, 1.54) is 12.8 Å². The summed E-state index contributed by atoms with van der Waals surface area (Å²) in [4.78, 5) is 2.37. The monoisotopic (exact) mass is 244 g/mol. The first-order valence-corrected chi connectivity index (χ1v) is 6.42. The normalized spacial score (nSPS) is 30.5. The van der Waals surface area contributed by atoms with Crippen molar-refractivity contribution in [3.8, 4) is 0 Å². The molecule has 18 heavy (non-hydrogen) atoms. The number of para-hydroxylation sites is 1. The van der Waals surface area contributed by atoms with Crippen LogP contribution < -0.4 is 16.4 Å². The van der Waals surface area contributed by atoms with Crippen molar-refractivity contribution in [2.75, 3.05) is 17.2 Å². The Morgan fingerprint density at radius 3 is 2.94 bits per heavy atom. The molecular weight excluding hydrogens is 228 g/mol. The Kier molecular flexibility index (Phi) is 1.92. The maximum Gasteiger partial charge on any atom is 0.192 e. The first-order chi connectivity index (χ1) is 8.75. The van der Waals surface area contributed by atoms with E-state index in [1.54, 1.807) is 0 Å². The van der Waals surface area contributed by atoms with Crippen LogP contribution >= 0.6 is 0 Å². The fourth-order valence-electron chi connectivity index (χ4n) is 3.52. The Balaban J connectivity index is 1.84. The minimum absolute atomic E-state index is 0.292. The lowest BCUT2D eigenvalue weighted by Gasteiger charge is -2.29. The number of fused-ring (bicyclic) bond motifs is 3. The Labute approximate surface area is 105 Å². The third-order valence-electron chi connectivity index (χ3n) is 4.47. The van der Waals surface area contributed by atoms with Gasteiger partial charge in [-0.3, -0.25) is 0 Å². The Morgan fingerprint density at radius 1 is 1.33 bits per heavy atom. The van der Waals surface area contributed by atoms with Crippen molar-refractivity contribution in [3.63, 3.8) is 0 Å². The molecule has 4 N–H and O–H groups in total. The van der Waals surface area contributed by atoms with Crippen molar-refractivity contribution in [3.05, 3.63) is 18.2 Å². The van der Waals surface area contributed by atoms with Gasteiger partial charge in [0.2, 0.25) is 0 Å². The highest BCUT2D eigenvalue weighted by Crippen LogP contribution is 2.42. The van der Waals surface area contributed by atoms with E-state index in [2.05, 4.69) is 16.1 Å². The van der Waals surface area contributed by atoms with Gasteiger partial charge in [0.15, 0.2) is 11.4 Å². The lowest BCUT2D eigenvalue weighted by Crippen LogP contribution is -2.37. The van der Waals surface area contributed by atoms with Crippen LogP contribution in [-0.2, 0) is 0 Å². The minimum atomic E-state index is 0.292. The zero-order chi connectivity index (χ0) is 12.3. The van der Waals surface area contributed by atoms with E-state index < -0.39 is 0 Å². The van der Waals surface area contributed by atoms with Gasteiger partial charge in [-0.05, 0) is 30.9 Å². The summed E-state index contributed by atoms with van der Waals surface area (Å²) in [5.41, 5.74) is 13.9. The molecule has 5 heteroatoms. The average molecular weight is 244 g/mol. The third-order valence-corrected chi connectivity index (χ3v) is 4.47. The number of anilines is 2. The van der Waals surface area contributed by atoms with Crippen LogP contribution in [0.5, 0.6) is 0 Å². The summed E-state index contributed by atoms with van der Waals surface area (Å²) in [5.74, 6) is 1.08. The summed E-state index contributed by atoms with van der Waals surface area (Å²) in [6, 6.07) is 6.75. The number of benzene rings is 1. The molecule has 1 aromatic carbocycles. The molecule has 0 amide bonds. The second kappa shape index (κ2) is 3.38. The van der Waals surface area contributed by atoms with Crippen molar-refractivity contribution >= 4 is 22.5 Å². The summed E-state index contributed by atoms with van der Waals surface area (Å²) in [6.45, 7) is 1.02. The second-order valence-corrected chi connectivity index (χ2v) is 5.36. The maximum atomic E-state index is 6.25. The predicted octanol–water partition coefficient (Wildman–Crippen LogP) is 1.34. The number of nitrogens with zero attached hydrogens (tertiary/aromatic N) is 2. The van der Waals surface area contributed by atoms with Crippen molar-refractivity contribution in [1.82, 2.24) is 5.16 Å². The van der Waals surface area contributed by atoms with Crippen LogP contribution in [0.15, 0.2) is 22.7 Å². The van der Waals surface area contributed by atoms with E-state index in [0.29, 0.717) is 23.8 Å². The molecular formula is C13H16N4O. The molecule has 0 spiro atoms. The van der Waals surface area contributed by atoms with Crippen LogP contribution in [0.25, 0.3) is 11.0 Å². The molecule has 1 aliphatic heterocycles. The van der Waals surface area contributed by atoms with Crippen LogP contribution in [0.4, 0.5) is 11.5 Å². The van der Waals surface area contributed by atoms with Gasteiger partial charge in [-0.15, -0.1) is 0 Å². The van der Waals surface area contributed by atoms with Gasteiger partial charge < -0.3 is 20.9 Å².